The minimum Gasteiger partial charge on any atom is -0.316 e. The number of nitrogens with one attached hydrogen (secondary N) is 1. The summed E-state index contributed by atoms with van der Waals surface area (Å²) < 4.78 is 0. The van der Waals surface area contributed by atoms with Crippen molar-refractivity contribution in [2.75, 3.05) is 33.2 Å². The molecule has 0 aromatic heterocycles. The van der Waals surface area contributed by atoms with Crippen molar-refractivity contribution in [3.63, 3.8) is 0 Å². The Morgan fingerprint density at radius 2 is 2.33 bits per heavy atom. The summed E-state index contributed by atoms with van der Waals surface area (Å²) in [7, 11) is 2.19. The Labute approximate surface area is 92.4 Å². The van der Waals surface area contributed by atoms with Crippen molar-refractivity contribution in [3.8, 4) is 6.07 Å². The van der Waals surface area contributed by atoms with Gasteiger partial charge in [-0.05, 0) is 50.7 Å². The Kier molecular flexibility index (Phi) is 3.28. The van der Waals surface area contributed by atoms with E-state index in [4.69, 9.17) is 5.26 Å². The van der Waals surface area contributed by atoms with Crippen LogP contribution in [0.2, 0.25) is 0 Å². The van der Waals surface area contributed by atoms with Gasteiger partial charge >= 0.3 is 0 Å². The van der Waals surface area contributed by atoms with Gasteiger partial charge in [0.15, 0.2) is 0 Å². The second-order valence-corrected chi connectivity index (χ2v) is 5.38. The molecule has 1 aliphatic carbocycles. The smallest absolute Gasteiger partial charge is 0.0628 e. The van der Waals surface area contributed by atoms with Crippen molar-refractivity contribution < 1.29 is 0 Å². The van der Waals surface area contributed by atoms with Crippen molar-refractivity contribution in [3.05, 3.63) is 0 Å². The maximum absolute atomic E-state index is 8.70. The summed E-state index contributed by atoms with van der Waals surface area (Å²) in [6.45, 7) is 4.67. The van der Waals surface area contributed by atoms with E-state index in [2.05, 4.69) is 23.3 Å². The van der Waals surface area contributed by atoms with E-state index in [9.17, 15) is 0 Å². The van der Waals surface area contributed by atoms with Gasteiger partial charge in [-0.2, -0.15) is 5.26 Å². The second-order valence-electron chi connectivity index (χ2n) is 5.38. The van der Waals surface area contributed by atoms with Gasteiger partial charge in [0.05, 0.1) is 6.07 Å². The van der Waals surface area contributed by atoms with Crippen LogP contribution in [0.5, 0.6) is 0 Å². The van der Waals surface area contributed by atoms with Crippen molar-refractivity contribution in [2.45, 2.75) is 25.7 Å². The third-order valence-electron chi connectivity index (χ3n) is 3.83. The summed E-state index contributed by atoms with van der Waals surface area (Å²) in [4.78, 5) is 2.40. The zero-order chi connectivity index (χ0) is 10.7. The van der Waals surface area contributed by atoms with Crippen molar-refractivity contribution >= 4 is 0 Å². The first-order chi connectivity index (χ1) is 7.24. The molecule has 2 fully saturated rings. The van der Waals surface area contributed by atoms with E-state index < -0.39 is 0 Å². The second kappa shape index (κ2) is 4.51. The van der Waals surface area contributed by atoms with Crippen LogP contribution >= 0.6 is 0 Å². The van der Waals surface area contributed by atoms with Gasteiger partial charge in [-0.15, -0.1) is 0 Å². The standard InChI is InChI=1S/C12H21N3/c1-15-7-2-11(9-15)8-14-10-12(3-4-12)5-6-13/h11,14H,2-5,7-10H2,1H3. The highest BCUT2D eigenvalue weighted by Gasteiger charge is 2.41. The summed E-state index contributed by atoms with van der Waals surface area (Å²) in [6, 6.07) is 2.31. The molecule has 2 rings (SSSR count). The largest absolute Gasteiger partial charge is 0.316 e. The zero-order valence-corrected chi connectivity index (χ0v) is 9.63. The zero-order valence-electron chi connectivity index (χ0n) is 9.63. The molecule has 3 nitrogen and oxygen atoms in total. The van der Waals surface area contributed by atoms with Gasteiger partial charge in [-0.1, -0.05) is 0 Å². The highest BCUT2D eigenvalue weighted by Crippen LogP contribution is 2.47. The van der Waals surface area contributed by atoms with Crippen molar-refractivity contribution in [1.82, 2.24) is 10.2 Å². The van der Waals surface area contributed by atoms with Gasteiger partial charge in [-0.3, -0.25) is 0 Å². The predicted molar refractivity (Wildman–Crippen MR) is 60.4 cm³/mol. The number of likely N-dealkylation sites (tertiary alicyclic amines) is 1. The minimum absolute atomic E-state index is 0.360. The molecule has 1 saturated carbocycles. The molecule has 3 heteroatoms. The maximum Gasteiger partial charge on any atom is 0.0628 e. The molecule has 0 bridgehead atoms. The fourth-order valence-corrected chi connectivity index (χ4v) is 2.49. The van der Waals surface area contributed by atoms with Crippen LogP contribution in [-0.4, -0.2) is 38.1 Å². The van der Waals surface area contributed by atoms with E-state index in [0.717, 1.165) is 25.4 Å². The third-order valence-corrected chi connectivity index (χ3v) is 3.83. The van der Waals surface area contributed by atoms with Gasteiger partial charge in [0.2, 0.25) is 0 Å². The Balaban J connectivity index is 1.61. The minimum atomic E-state index is 0.360. The first-order valence-corrected chi connectivity index (χ1v) is 6.00. The van der Waals surface area contributed by atoms with Crippen LogP contribution in [0, 0.1) is 22.7 Å². The summed E-state index contributed by atoms with van der Waals surface area (Å²) >= 11 is 0. The number of rotatable bonds is 5. The van der Waals surface area contributed by atoms with Crippen LogP contribution in [0.3, 0.4) is 0 Å². The average Bonchev–Trinajstić information content (AvgIpc) is 2.83. The highest BCUT2D eigenvalue weighted by atomic mass is 15.1. The Bertz CT molecular complexity index is 252. The van der Waals surface area contributed by atoms with E-state index in [1.807, 2.05) is 0 Å². The van der Waals surface area contributed by atoms with E-state index in [-0.39, 0.29) is 0 Å². The lowest BCUT2D eigenvalue weighted by Crippen LogP contribution is -2.30. The van der Waals surface area contributed by atoms with Crippen molar-refractivity contribution in [2.24, 2.45) is 11.3 Å². The lowest BCUT2D eigenvalue weighted by Gasteiger charge is -2.15. The summed E-state index contributed by atoms with van der Waals surface area (Å²) in [5.74, 6) is 0.827. The van der Waals surface area contributed by atoms with Crippen LogP contribution in [0.1, 0.15) is 25.7 Å². The number of hydrogen-bond donors (Lipinski definition) is 1. The monoisotopic (exact) mass is 207 g/mol. The molecule has 1 saturated heterocycles. The van der Waals surface area contributed by atoms with Crippen molar-refractivity contribution in [1.29, 1.82) is 5.26 Å². The molecule has 1 unspecified atom stereocenters. The first kappa shape index (κ1) is 10.9. The number of nitriles is 1. The van der Waals surface area contributed by atoms with Crippen LogP contribution in [0.4, 0.5) is 0 Å². The van der Waals surface area contributed by atoms with Gasteiger partial charge in [0, 0.05) is 19.5 Å². The molecule has 1 aliphatic heterocycles. The quantitative estimate of drug-likeness (QED) is 0.737. The van der Waals surface area contributed by atoms with E-state index in [1.165, 1.54) is 32.4 Å². The molecule has 0 amide bonds. The van der Waals surface area contributed by atoms with E-state index >= 15 is 0 Å². The molecule has 15 heavy (non-hydrogen) atoms. The van der Waals surface area contributed by atoms with E-state index in [1.54, 1.807) is 0 Å². The fourth-order valence-electron chi connectivity index (χ4n) is 2.49. The highest BCUT2D eigenvalue weighted by molar-refractivity contribution is 5.00. The molecule has 1 heterocycles. The van der Waals surface area contributed by atoms with E-state index in [0.29, 0.717) is 5.41 Å². The molecular formula is C12H21N3. The maximum atomic E-state index is 8.70. The molecular weight excluding hydrogens is 186 g/mol. The lowest BCUT2D eigenvalue weighted by atomic mass is 10.0. The van der Waals surface area contributed by atoms with Gasteiger partial charge < -0.3 is 10.2 Å². The number of nitrogens with zero attached hydrogens (tertiary/aromatic N) is 2. The topological polar surface area (TPSA) is 39.1 Å². The number of hydrogen-bond acceptors (Lipinski definition) is 3. The molecule has 0 radical (unpaired) electrons. The predicted octanol–water partition coefficient (Wildman–Crippen LogP) is 1.22. The Morgan fingerprint density at radius 3 is 2.87 bits per heavy atom. The first-order valence-electron chi connectivity index (χ1n) is 6.00. The molecule has 0 aromatic carbocycles. The molecule has 1 atom stereocenters. The summed E-state index contributed by atoms with van der Waals surface area (Å²) in [5.41, 5.74) is 0.360. The van der Waals surface area contributed by atoms with Gasteiger partial charge in [-0.25, -0.2) is 0 Å². The summed E-state index contributed by atoms with van der Waals surface area (Å²) in [5, 5.41) is 12.3. The SMILES string of the molecule is CN1CCC(CNCC2(CC#N)CC2)C1. The summed E-state index contributed by atoms with van der Waals surface area (Å²) in [6.07, 6.45) is 4.57. The molecule has 1 N–H and O–H groups in total. The third kappa shape index (κ3) is 2.93. The normalized spacial score (nSPS) is 28.9. The van der Waals surface area contributed by atoms with Crippen LogP contribution in [0.25, 0.3) is 0 Å². The molecule has 0 spiro atoms. The van der Waals surface area contributed by atoms with Gasteiger partial charge in [0.1, 0.15) is 0 Å². The Morgan fingerprint density at radius 1 is 1.53 bits per heavy atom. The molecule has 84 valence electrons. The van der Waals surface area contributed by atoms with Crippen LogP contribution in [0.15, 0.2) is 0 Å². The van der Waals surface area contributed by atoms with Crippen LogP contribution in [-0.2, 0) is 0 Å². The molecule has 2 aliphatic rings. The Hall–Kier alpha value is -0.590. The van der Waals surface area contributed by atoms with Gasteiger partial charge in [0.25, 0.3) is 0 Å². The fraction of sp³-hybridized carbons (Fsp3) is 0.917. The molecule has 0 aromatic rings. The average molecular weight is 207 g/mol. The van der Waals surface area contributed by atoms with Crippen LogP contribution < -0.4 is 5.32 Å². The lowest BCUT2D eigenvalue weighted by molar-refractivity contribution is 0.377.